The highest BCUT2D eigenvalue weighted by atomic mass is 35.5. The van der Waals surface area contributed by atoms with E-state index in [-0.39, 0.29) is 24.8 Å². The molecular formula is C6H13Cl2N3. The first-order valence-electron chi connectivity index (χ1n) is 3.06. The monoisotopic (exact) mass is 197 g/mol. The molecule has 0 fully saturated rings. The lowest BCUT2D eigenvalue weighted by molar-refractivity contribution is 0.772. The molecule has 0 amide bonds. The number of likely N-dealkylation sites (N-methyl/N-ethyl adjacent to an activating group) is 1. The minimum atomic E-state index is 0. The standard InChI is InChI=1S/C6H11N3.2ClH/c1-7-4-2-6-3-5-8-9-6;;/h3,5,7H,2,4H2,1H3,(H,8,9);2*1H. The highest BCUT2D eigenvalue weighted by Gasteiger charge is 1.89. The van der Waals surface area contributed by atoms with Crippen LogP contribution in [0.15, 0.2) is 12.3 Å². The van der Waals surface area contributed by atoms with Gasteiger partial charge in [0, 0.05) is 24.9 Å². The van der Waals surface area contributed by atoms with Crippen molar-refractivity contribution in [3.8, 4) is 0 Å². The first-order valence-corrected chi connectivity index (χ1v) is 3.06. The van der Waals surface area contributed by atoms with Crippen molar-refractivity contribution in [3.05, 3.63) is 18.0 Å². The van der Waals surface area contributed by atoms with Crippen molar-refractivity contribution in [2.24, 2.45) is 0 Å². The molecule has 66 valence electrons. The molecule has 11 heavy (non-hydrogen) atoms. The summed E-state index contributed by atoms with van der Waals surface area (Å²) in [5.74, 6) is 0. The van der Waals surface area contributed by atoms with E-state index in [0.29, 0.717) is 0 Å². The fraction of sp³-hybridized carbons (Fsp3) is 0.500. The molecule has 1 heterocycles. The topological polar surface area (TPSA) is 40.7 Å². The smallest absolute Gasteiger partial charge is 0.0490 e. The van der Waals surface area contributed by atoms with Crippen molar-refractivity contribution in [2.75, 3.05) is 13.6 Å². The van der Waals surface area contributed by atoms with Gasteiger partial charge in [0.25, 0.3) is 0 Å². The number of aromatic nitrogens is 2. The number of halogens is 2. The fourth-order valence-corrected chi connectivity index (χ4v) is 0.684. The summed E-state index contributed by atoms with van der Waals surface area (Å²) in [6, 6.07) is 1.98. The van der Waals surface area contributed by atoms with Gasteiger partial charge in [0.1, 0.15) is 0 Å². The summed E-state index contributed by atoms with van der Waals surface area (Å²) < 4.78 is 0. The van der Waals surface area contributed by atoms with E-state index in [2.05, 4.69) is 15.5 Å². The van der Waals surface area contributed by atoms with E-state index in [9.17, 15) is 0 Å². The first kappa shape index (κ1) is 13.3. The fourth-order valence-electron chi connectivity index (χ4n) is 0.684. The summed E-state index contributed by atoms with van der Waals surface area (Å²) in [4.78, 5) is 0. The normalized spacial score (nSPS) is 8.09. The third kappa shape index (κ3) is 5.07. The molecule has 0 aliphatic carbocycles. The minimum absolute atomic E-state index is 0. The van der Waals surface area contributed by atoms with Gasteiger partial charge >= 0.3 is 0 Å². The van der Waals surface area contributed by atoms with Crippen molar-refractivity contribution in [3.63, 3.8) is 0 Å². The van der Waals surface area contributed by atoms with Crippen LogP contribution in [0.3, 0.4) is 0 Å². The summed E-state index contributed by atoms with van der Waals surface area (Å²) in [5.41, 5.74) is 1.18. The zero-order valence-corrected chi connectivity index (χ0v) is 7.97. The Labute approximate surface area is 78.8 Å². The van der Waals surface area contributed by atoms with Crippen LogP contribution in [0.2, 0.25) is 0 Å². The van der Waals surface area contributed by atoms with E-state index in [1.807, 2.05) is 13.1 Å². The molecule has 0 saturated carbocycles. The van der Waals surface area contributed by atoms with Gasteiger partial charge in [0.05, 0.1) is 0 Å². The SMILES string of the molecule is CNCCc1ccn[nH]1.Cl.Cl. The van der Waals surface area contributed by atoms with Crippen LogP contribution < -0.4 is 5.32 Å². The summed E-state index contributed by atoms with van der Waals surface area (Å²) in [7, 11) is 1.94. The molecule has 0 unspecified atom stereocenters. The lowest BCUT2D eigenvalue weighted by atomic mass is 10.3. The van der Waals surface area contributed by atoms with E-state index >= 15 is 0 Å². The minimum Gasteiger partial charge on any atom is -0.319 e. The average Bonchev–Trinajstić information content (AvgIpc) is 2.34. The molecular weight excluding hydrogens is 185 g/mol. The predicted molar refractivity (Wildman–Crippen MR) is 50.7 cm³/mol. The first-order chi connectivity index (χ1) is 4.43. The highest BCUT2D eigenvalue weighted by Crippen LogP contribution is 1.89. The Morgan fingerprint density at radius 3 is 2.73 bits per heavy atom. The summed E-state index contributed by atoms with van der Waals surface area (Å²) >= 11 is 0. The van der Waals surface area contributed by atoms with Gasteiger partial charge in [-0.2, -0.15) is 5.10 Å². The van der Waals surface area contributed by atoms with Gasteiger partial charge in [-0.1, -0.05) is 0 Å². The zero-order chi connectivity index (χ0) is 6.53. The lowest BCUT2D eigenvalue weighted by Crippen LogP contribution is -2.10. The maximum atomic E-state index is 3.82. The largest absolute Gasteiger partial charge is 0.319 e. The summed E-state index contributed by atoms with van der Waals surface area (Å²) in [6.45, 7) is 1.00. The van der Waals surface area contributed by atoms with Gasteiger partial charge in [-0.25, -0.2) is 0 Å². The van der Waals surface area contributed by atoms with Crippen LogP contribution in [0.1, 0.15) is 5.69 Å². The lowest BCUT2D eigenvalue weighted by Gasteiger charge is -1.93. The number of aromatic amines is 1. The second-order valence-corrected chi connectivity index (χ2v) is 1.94. The molecule has 1 aromatic rings. The maximum absolute atomic E-state index is 3.82. The van der Waals surface area contributed by atoms with E-state index in [1.165, 1.54) is 5.69 Å². The van der Waals surface area contributed by atoms with Crippen LogP contribution >= 0.6 is 24.8 Å². The molecule has 0 radical (unpaired) electrons. The van der Waals surface area contributed by atoms with Crippen LogP contribution in [0.4, 0.5) is 0 Å². The molecule has 1 aromatic heterocycles. The highest BCUT2D eigenvalue weighted by molar-refractivity contribution is 5.85. The average molecular weight is 198 g/mol. The molecule has 0 aromatic carbocycles. The number of rotatable bonds is 3. The molecule has 0 aliphatic rings. The molecule has 1 rings (SSSR count). The van der Waals surface area contributed by atoms with Gasteiger partial charge in [0.15, 0.2) is 0 Å². The van der Waals surface area contributed by atoms with Crippen LogP contribution in [-0.2, 0) is 6.42 Å². The third-order valence-electron chi connectivity index (χ3n) is 1.20. The Morgan fingerprint density at radius 1 is 1.55 bits per heavy atom. The maximum Gasteiger partial charge on any atom is 0.0490 e. The molecule has 0 saturated heterocycles. The van der Waals surface area contributed by atoms with E-state index in [4.69, 9.17) is 0 Å². The van der Waals surface area contributed by atoms with E-state index in [0.717, 1.165) is 13.0 Å². The molecule has 5 heteroatoms. The number of H-pyrrole nitrogens is 1. The quantitative estimate of drug-likeness (QED) is 0.761. The zero-order valence-electron chi connectivity index (χ0n) is 6.33. The molecule has 2 N–H and O–H groups in total. The molecule has 0 atom stereocenters. The van der Waals surface area contributed by atoms with Crippen molar-refractivity contribution in [1.82, 2.24) is 15.5 Å². The Kier molecular flexibility index (Phi) is 9.53. The van der Waals surface area contributed by atoms with Crippen LogP contribution in [0.5, 0.6) is 0 Å². The second-order valence-electron chi connectivity index (χ2n) is 1.94. The van der Waals surface area contributed by atoms with Gasteiger partial charge in [-0.3, -0.25) is 5.10 Å². The number of hydrogen-bond donors (Lipinski definition) is 2. The van der Waals surface area contributed by atoms with Gasteiger partial charge in [-0.15, -0.1) is 24.8 Å². The Bertz CT molecular complexity index is 153. The molecule has 3 nitrogen and oxygen atoms in total. The van der Waals surface area contributed by atoms with Crippen molar-refractivity contribution >= 4 is 24.8 Å². The van der Waals surface area contributed by atoms with Gasteiger partial charge in [-0.05, 0) is 13.1 Å². The number of nitrogens with zero attached hydrogens (tertiary/aromatic N) is 1. The Morgan fingerprint density at radius 2 is 2.27 bits per heavy atom. The van der Waals surface area contributed by atoms with Crippen LogP contribution in [0, 0.1) is 0 Å². The van der Waals surface area contributed by atoms with Gasteiger partial charge in [0.2, 0.25) is 0 Å². The molecule has 0 spiro atoms. The van der Waals surface area contributed by atoms with Crippen molar-refractivity contribution in [1.29, 1.82) is 0 Å². The van der Waals surface area contributed by atoms with E-state index < -0.39 is 0 Å². The van der Waals surface area contributed by atoms with Crippen molar-refractivity contribution < 1.29 is 0 Å². The Balaban J connectivity index is 0. The molecule has 0 bridgehead atoms. The summed E-state index contributed by atoms with van der Waals surface area (Å²) in [5, 5.41) is 9.76. The van der Waals surface area contributed by atoms with Crippen LogP contribution in [0.25, 0.3) is 0 Å². The third-order valence-corrected chi connectivity index (χ3v) is 1.20. The second kappa shape index (κ2) is 7.85. The number of hydrogen-bond acceptors (Lipinski definition) is 2. The summed E-state index contributed by atoms with van der Waals surface area (Å²) in [6.07, 6.45) is 2.79. The Hall–Kier alpha value is -0.250. The van der Waals surface area contributed by atoms with Crippen molar-refractivity contribution in [2.45, 2.75) is 6.42 Å². The number of nitrogens with one attached hydrogen (secondary N) is 2. The van der Waals surface area contributed by atoms with Crippen LogP contribution in [-0.4, -0.2) is 23.8 Å². The van der Waals surface area contributed by atoms with E-state index in [1.54, 1.807) is 6.20 Å². The predicted octanol–water partition coefficient (Wildman–Crippen LogP) is 1.02. The van der Waals surface area contributed by atoms with Gasteiger partial charge < -0.3 is 5.32 Å². The molecule has 0 aliphatic heterocycles.